The highest BCUT2D eigenvalue weighted by Crippen LogP contribution is 2.22. The molecule has 0 aliphatic heterocycles. The van der Waals surface area contributed by atoms with Crippen LogP contribution in [0.2, 0.25) is 5.02 Å². The van der Waals surface area contributed by atoms with Gasteiger partial charge in [0, 0.05) is 18.1 Å². The first-order valence-electron chi connectivity index (χ1n) is 10.3. The second kappa shape index (κ2) is 11.6. The molecule has 0 radical (unpaired) electrons. The maximum absolute atomic E-state index is 13.1. The van der Waals surface area contributed by atoms with Gasteiger partial charge in [0.1, 0.15) is 11.8 Å². The Hall–Kier alpha value is -2.53. The number of benzene rings is 2. The second-order valence-corrected chi connectivity index (χ2v) is 7.83. The van der Waals surface area contributed by atoms with E-state index in [1.165, 1.54) is 4.90 Å². The van der Waals surface area contributed by atoms with E-state index in [4.69, 9.17) is 16.3 Å². The fourth-order valence-corrected chi connectivity index (χ4v) is 3.23. The predicted molar refractivity (Wildman–Crippen MR) is 121 cm³/mol. The quantitative estimate of drug-likeness (QED) is 0.557. The Kier molecular flexibility index (Phi) is 9.18. The Morgan fingerprint density at radius 1 is 1.13 bits per heavy atom. The van der Waals surface area contributed by atoms with Gasteiger partial charge in [-0.3, -0.25) is 9.59 Å². The van der Waals surface area contributed by atoms with Crippen LogP contribution in [0.1, 0.15) is 43.4 Å². The highest BCUT2D eigenvalue weighted by molar-refractivity contribution is 6.31. The Morgan fingerprint density at radius 2 is 1.87 bits per heavy atom. The molecular formula is C24H31ClN2O3. The van der Waals surface area contributed by atoms with E-state index < -0.39 is 6.04 Å². The minimum absolute atomic E-state index is 0.151. The normalized spacial score (nSPS) is 11.6. The summed E-state index contributed by atoms with van der Waals surface area (Å²) in [5.74, 6) is 0.214. The zero-order valence-corrected chi connectivity index (χ0v) is 19.0. The van der Waals surface area contributed by atoms with Crippen LogP contribution in [0.15, 0.2) is 42.5 Å². The molecule has 1 unspecified atom stereocenters. The molecule has 2 aromatic rings. The third-order valence-corrected chi connectivity index (χ3v) is 5.57. The lowest BCUT2D eigenvalue weighted by molar-refractivity contribution is -0.142. The minimum Gasteiger partial charge on any atom is -0.483 e. The van der Waals surface area contributed by atoms with E-state index >= 15 is 0 Å². The van der Waals surface area contributed by atoms with Gasteiger partial charge in [-0.05, 0) is 56.0 Å². The molecular weight excluding hydrogens is 400 g/mol. The van der Waals surface area contributed by atoms with Crippen molar-refractivity contribution in [3.63, 3.8) is 0 Å². The number of unbranched alkanes of at least 4 members (excludes halogenated alkanes) is 1. The lowest BCUT2D eigenvalue weighted by Gasteiger charge is -2.29. The maximum Gasteiger partial charge on any atom is 0.261 e. The van der Waals surface area contributed by atoms with Crippen LogP contribution in [0.3, 0.4) is 0 Å². The highest BCUT2D eigenvalue weighted by Gasteiger charge is 2.27. The number of halogens is 1. The van der Waals surface area contributed by atoms with Crippen molar-refractivity contribution in [3.8, 4) is 5.75 Å². The summed E-state index contributed by atoms with van der Waals surface area (Å²) < 4.78 is 5.80. The van der Waals surface area contributed by atoms with Crippen molar-refractivity contribution < 1.29 is 14.3 Å². The summed E-state index contributed by atoms with van der Waals surface area (Å²) >= 11 is 6.30. The van der Waals surface area contributed by atoms with E-state index in [1.54, 1.807) is 13.0 Å². The molecule has 0 aromatic heterocycles. The van der Waals surface area contributed by atoms with Crippen LogP contribution in [0.5, 0.6) is 5.75 Å². The number of rotatable bonds is 10. The summed E-state index contributed by atoms with van der Waals surface area (Å²) in [6.07, 6.45) is 1.88. The molecule has 0 bridgehead atoms. The number of hydrogen-bond acceptors (Lipinski definition) is 3. The van der Waals surface area contributed by atoms with Crippen LogP contribution in [-0.4, -0.2) is 35.9 Å². The van der Waals surface area contributed by atoms with Gasteiger partial charge < -0.3 is 15.0 Å². The molecule has 0 fully saturated rings. The Bertz CT molecular complexity index is 869. The van der Waals surface area contributed by atoms with Gasteiger partial charge >= 0.3 is 0 Å². The standard InChI is InChI=1S/C24H31ClN2O3/c1-5-6-14-26-24(29)19(4)27(15-20-11-7-8-12-21(20)25)23(28)16-30-22-13-9-10-17(2)18(22)3/h7-13,19H,5-6,14-16H2,1-4H3,(H,26,29). The molecule has 5 nitrogen and oxygen atoms in total. The number of carbonyl (C=O) groups excluding carboxylic acids is 2. The van der Waals surface area contributed by atoms with Gasteiger partial charge in [0.25, 0.3) is 5.91 Å². The van der Waals surface area contributed by atoms with Gasteiger partial charge in [0.15, 0.2) is 6.61 Å². The van der Waals surface area contributed by atoms with Crippen molar-refractivity contribution in [1.29, 1.82) is 0 Å². The number of amides is 2. The monoisotopic (exact) mass is 430 g/mol. The van der Waals surface area contributed by atoms with Gasteiger partial charge in [-0.15, -0.1) is 0 Å². The number of ether oxygens (including phenoxy) is 1. The first kappa shape index (κ1) is 23.7. The zero-order valence-electron chi connectivity index (χ0n) is 18.2. The van der Waals surface area contributed by atoms with Crippen LogP contribution in [0.4, 0.5) is 0 Å². The number of hydrogen-bond donors (Lipinski definition) is 1. The summed E-state index contributed by atoms with van der Waals surface area (Å²) in [4.78, 5) is 27.2. The third-order valence-electron chi connectivity index (χ3n) is 5.20. The average molecular weight is 431 g/mol. The van der Waals surface area contributed by atoms with Crippen LogP contribution in [0.25, 0.3) is 0 Å². The summed E-state index contributed by atoms with van der Waals surface area (Å²) in [6, 6.07) is 12.4. The molecule has 0 spiro atoms. The molecule has 2 aromatic carbocycles. The van der Waals surface area contributed by atoms with Crippen molar-refractivity contribution in [3.05, 3.63) is 64.2 Å². The SMILES string of the molecule is CCCCNC(=O)C(C)N(Cc1ccccc1Cl)C(=O)COc1cccc(C)c1C. The molecule has 1 N–H and O–H groups in total. The molecule has 0 saturated heterocycles. The first-order chi connectivity index (χ1) is 14.3. The molecule has 0 heterocycles. The zero-order chi connectivity index (χ0) is 22.1. The largest absolute Gasteiger partial charge is 0.483 e. The number of aryl methyl sites for hydroxylation is 1. The molecule has 162 valence electrons. The van der Waals surface area contributed by atoms with Crippen molar-refractivity contribution in [1.82, 2.24) is 10.2 Å². The number of nitrogens with zero attached hydrogens (tertiary/aromatic N) is 1. The second-order valence-electron chi connectivity index (χ2n) is 7.42. The Morgan fingerprint density at radius 3 is 2.57 bits per heavy atom. The van der Waals surface area contributed by atoms with Crippen molar-refractivity contribution in [2.24, 2.45) is 0 Å². The summed E-state index contributed by atoms with van der Waals surface area (Å²) in [6.45, 7) is 8.42. The Balaban J connectivity index is 2.16. The molecule has 0 saturated carbocycles. The minimum atomic E-state index is -0.646. The first-order valence-corrected chi connectivity index (χ1v) is 10.7. The van der Waals surface area contributed by atoms with Crippen LogP contribution in [-0.2, 0) is 16.1 Å². The Labute approximate surface area is 184 Å². The van der Waals surface area contributed by atoms with E-state index in [0.717, 1.165) is 29.5 Å². The van der Waals surface area contributed by atoms with Crippen molar-refractivity contribution >= 4 is 23.4 Å². The van der Waals surface area contributed by atoms with Gasteiger partial charge in [-0.25, -0.2) is 0 Å². The molecule has 2 amide bonds. The molecule has 2 rings (SSSR count). The van der Waals surface area contributed by atoms with E-state index in [-0.39, 0.29) is 25.0 Å². The molecule has 30 heavy (non-hydrogen) atoms. The average Bonchev–Trinajstić information content (AvgIpc) is 2.73. The molecule has 0 aliphatic rings. The summed E-state index contributed by atoms with van der Waals surface area (Å²) in [5, 5.41) is 3.46. The van der Waals surface area contributed by atoms with E-state index in [1.807, 2.05) is 50.2 Å². The van der Waals surface area contributed by atoms with Gasteiger partial charge in [-0.2, -0.15) is 0 Å². The van der Waals surface area contributed by atoms with Crippen LogP contribution >= 0.6 is 11.6 Å². The van der Waals surface area contributed by atoms with Crippen molar-refractivity contribution in [2.45, 2.75) is 53.1 Å². The van der Waals surface area contributed by atoms with E-state index in [0.29, 0.717) is 17.3 Å². The molecule has 1 atom stereocenters. The van der Waals surface area contributed by atoms with Gasteiger partial charge in [-0.1, -0.05) is 55.3 Å². The van der Waals surface area contributed by atoms with Gasteiger partial charge in [0.2, 0.25) is 5.91 Å². The summed E-state index contributed by atoms with van der Waals surface area (Å²) in [5.41, 5.74) is 2.87. The van der Waals surface area contributed by atoms with Crippen molar-refractivity contribution in [2.75, 3.05) is 13.2 Å². The topological polar surface area (TPSA) is 58.6 Å². The number of carbonyl (C=O) groups is 2. The van der Waals surface area contributed by atoms with E-state index in [9.17, 15) is 9.59 Å². The fraction of sp³-hybridized carbons (Fsp3) is 0.417. The lowest BCUT2D eigenvalue weighted by Crippen LogP contribution is -2.49. The predicted octanol–water partition coefficient (Wildman–Crippen LogP) is 4.67. The highest BCUT2D eigenvalue weighted by atomic mass is 35.5. The van der Waals surface area contributed by atoms with E-state index in [2.05, 4.69) is 12.2 Å². The maximum atomic E-state index is 13.1. The summed E-state index contributed by atoms with van der Waals surface area (Å²) in [7, 11) is 0. The fourth-order valence-electron chi connectivity index (χ4n) is 3.03. The van der Waals surface area contributed by atoms with Crippen LogP contribution in [0, 0.1) is 13.8 Å². The lowest BCUT2D eigenvalue weighted by atomic mass is 10.1. The molecule has 6 heteroatoms. The molecule has 0 aliphatic carbocycles. The number of nitrogens with one attached hydrogen (secondary N) is 1. The van der Waals surface area contributed by atoms with Gasteiger partial charge in [0.05, 0.1) is 0 Å². The smallest absolute Gasteiger partial charge is 0.261 e. The van der Waals surface area contributed by atoms with Crippen LogP contribution < -0.4 is 10.1 Å². The third kappa shape index (κ3) is 6.49.